The lowest BCUT2D eigenvalue weighted by molar-refractivity contribution is 1.33. The van der Waals surface area contributed by atoms with Crippen molar-refractivity contribution in [1.82, 2.24) is 4.98 Å². The van der Waals surface area contributed by atoms with Gasteiger partial charge in [0.25, 0.3) is 0 Å². The summed E-state index contributed by atoms with van der Waals surface area (Å²) in [6.45, 7) is 0. The van der Waals surface area contributed by atoms with E-state index in [0.717, 1.165) is 11.1 Å². The molecule has 1 nitrogen and oxygen atoms in total. The van der Waals surface area contributed by atoms with Gasteiger partial charge >= 0.3 is 0 Å². The van der Waals surface area contributed by atoms with E-state index >= 15 is 0 Å². The van der Waals surface area contributed by atoms with Crippen molar-refractivity contribution in [2.24, 2.45) is 0 Å². The largest absolute Gasteiger partial charge is 0.242 e. The SMILES string of the molecule is Clc1cnc(Cl)c(-c2ccccc2)c1. The second-order valence-electron chi connectivity index (χ2n) is 2.86. The molecule has 0 unspecified atom stereocenters. The third-order valence-electron chi connectivity index (χ3n) is 1.89. The van der Waals surface area contributed by atoms with Crippen molar-refractivity contribution in [2.45, 2.75) is 0 Å². The fraction of sp³-hybridized carbons (Fsp3) is 0. The van der Waals surface area contributed by atoms with Gasteiger partial charge in [-0.15, -0.1) is 0 Å². The summed E-state index contributed by atoms with van der Waals surface area (Å²) >= 11 is 11.8. The zero-order valence-electron chi connectivity index (χ0n) is 7.24. The quantitative estimate of drug-likeness (QED) is 0.665. The Morgan fingerprint density at radius 1 is 1.00 bits per heavy atom. The Morgan fingerprint density at radius 3 is 2.43 bits per heavy atom. The van der Waals surface area contributed by atoms with Crippen LogP contribution in [0.3, 0.4) is 0 Å². The molecule has 0 spiro atoms. The van der Waals surface area contributed by atoms with E-state index in [1.165, 1.54) is 6.20 Å². The van der Waals surface area contributed by atoms with Crippen LogP contribution in [0, 0.1) is 0 Å². The van der Waals surface area contributed by atoms with Crippen LogP contribution in [0.15, 0.2) is 42.6 Å². The highest BCUT2D eigenvalue weighted by Crippen LogP contribution is 2.27. The van der Waals surface area contributed by atoms with Gasteiger partial charge in [-0.2, -0.15) is 0 Å². The molecule has 0 bridgehead atoms. The number of benzene rings is 1. The topological polar surface area (TPSA) is 12.9 Å². The van der Waals surface area contributed by atoms with E-state index in [4.69, 9.17) is 23.2 Å². The predicted octanol–water partition coefficient (Wildman–Crippen LogP) is 4.06. The summed E-state index contributed by atoms with van der Waals surface area (Å²) in [5.41, 5.74) is 1.88. The fourth-order valence-electron chi connectivity index (χ4n) is 1.24. The third kappa shape index (κ3) is 1.89. The zero-order valence-corrected chi connectivity index (χ0v) is 8.76. The first-order chi connectivity index (χ1) is 6.77. The van der Waals surface area contributed by atoms with Crippen LogP contribution in [-0.4, -0.2) is 4.98 Å². The lowest BCUT2D eigenvalue weighted by atomic mass is 10.1. The first-order valence-electron chi connectivity index (χ1n) is 4.14. The fourth-order valence-corrected chi connectivity index (χ4v) is 1.61. The van der Waals surface area contributed by atoms with E-state index in [2.05, 4.69) is 4.98 Å². The molecule has 0 fully saturated rings. The average molecular weight is 224 g/mol. The second-order valence-corrected chi connectivity index (χ2v) is 3.65. The van der Waals surface area contributed by atoms with Crippen LogP contribution in [0.2, 0.25) is 10.2 Å². The van der Waals surface area contributed by atoms with Crippen LogP contribution in [0.5, 0.6) is 0 Å². The second kappa shape index (κ2) is 3.99. The average Bonchev–Trinajstić information content (AvgIpc) is 2.23. The molecule has 0 saturated carbocycles. The Labute approximate surface area is 92.3 Å². The highest BCUT2D eigenvalue weighted by atomic mass is 35.5. The molecule has 0 radical (unpaired) electrons. The van der Waals surface area contributed by atoms with Gasteiger partial charge < -0.3 is 0 Å². The summed E-state index contributed by atoms with van der Waals surface area (Å²) in [4.78, 5) is 3.99. The molecule has 1 heterocycles. The maximum atomic E-state index is 5.96. The van der Waals surface area contributed by atoms with Crippen molar-refractivity contribution < 1.29 is 0 Å². The van der Waals surface area contributed by atoms with Gasteiger partial charge in [0.05, 0.1) is 5.02 Å². The molecule has 2 rings (SSSR count). The zero-order chi connectivity index (χ0) is 9.97. The van der Waals surface area contributed by atoms with Gasteiger partial charge in [0.2, 0.25) is 0 Å². The summed E-state index contributed by atoms with van der Waals surface area (Å²) < 4.78 is 0. The Kier molecular flexibility index (Phi) is 2.71. The molecule has 0 aliphatic rings. The van der Waals surface area contributed by atoms with Crippen LogP contribution < -0.4 is 0 Å². The van der Waals surface area contributed by atoms with Crippen molar-refractivity contribution in [1.29, 1.82) is 0 Å². The van der Waals surface area contributed by atoms with Crippen molar-refractivity contribution in [3.63, 3.8) is 0 Å². The Hall–Kier alpha value is -1.05. The lowest BCUT2D eigenvalue weighted by Gasteiger charge is -2.03. The van der Waals surface area contributed by atoms with Crippen LogP contribution in [-0.2, 0) is 0 Å². The Bertz CT molecular complexity index is 440. The summed E-state index contributed by atoms with van der Waals surface area (Å²) in [5.74, 6) is 0. The molecular formula is C11H7Cl2N. The third-order valence-corrected chi connectivity index (χ3v) is 2.40. The van der Waals surface area contributed by atoms with Crippen molar-refractivity contribution in [2.75, 3.05) is 0 Å². The van der Waals surface area contributed by atoms with Crippen molar-refractivity contribution >= 4 is 23.2 Å². The Balaban J connectivity index is 2.57. The molecule has 0 saturated heterocycles. The maximum Gasteiger partial charge on any atom is 0.136 e. The van der Waals surface area contributed by atoms with Crippen LogP contribution in [0.25, 0.3) is 11.1 Å². The van der Waals surface area contributed by atoms with Gasteiger partial charge in [0.1, 0.15) is 5.15 Å². The van der Waals surface area contributed by atoms with Gasteiger partial charge in [-0.25, -0.2) is 4.98 Å². The molecule has 3 heteroatoms. The molecule has 14 heavy (non-hydrogen) atoms. The Morgan fingerprint density at radius 2 is 1.71 bits per heavy atom. The van der Waals surface area contributed by atoms with Crippen molar-refractivity contribution in [3.8, 4) is 11.1 Å². The number of hydrogen-bond acceptors (Lipinski definition) is 1. The molecule has 0 amide bonds. The normalized spacial score (nSPS) is 10.1. The molecule has 0 N–H and O–H groups in total. The number of aromatic nitrogens is 1. The summed E-state index contributed by atoms with van der Waals surface area (Å²) in [6, 6.07) is 11.6. The summed E-state index contributed by atoms with van der Waals surface area (Å²) in [6.07, 6.45) is 1.54. The van der Waals surface area contributed by atoms with E-state index in [-0.39, 0.29) is 0 Å². The van der Waals surface area contributed by atoms with E-state index in [0.29, 0.717) is 10.2 Å². The summed E-state index contributed by atoms with van der Waals surface area (Å²) in [7, 11) is 0. The molecule has 2 aromatic rings. The summed E-state index contributed by atoms with van der Waals surface area (Å²) in [5, 5.41) is 1.06. The van der Waals surface area contributed by atoms with E-state index in [9.17, 15) is 0 Å². The number of halogens is 2. The van der Waals surface area contributed by atoms with Gasteiger partial charge in [-0.1, -0.05) is 53.5 Å². The van der Waals surface area contributed by atoms with E-state index in [1.54, 1.807) is 0 Å². The van der Waals surface area contributed by atoms with Gasteiger partial charge in [0, 0.05) is 11.8 Å². The number of nitrogens with zero attached hydrogens (tertiary/aromatic N) is 1. The van der Waals surface area contributed by atoms with E-state index < -0.39 is 0 Å². The monoisotopic (exact) mass is 223 g/mol. The molecule has 70 valence electrons. The molecule has 0 aliphatic carbocycles. The van der Waals surface area contributed by atoms with Crippen LogP contribution >= 0.6 is 23.2 Å². The first kappa shape index (κ1) is 9.50. The number of rotatable bonds is 1. The molecule has 1 aromatic heterocycles. The van der Waals surface area contributed by atoms with Gasteiger partial charge in [0.15, 0.2) is 0 Å². The van der Waals surface area contributed by atoms with Gasteiger partial charge in [-0.05, 0) is 11.6 Å². The minimum absolute atomic E-state index is 0.473. The number of pyridine rings is 1. The minimum atomic E-state index is 0.473. The highest BCUT2D eigenvalue weighted by molar-refractivity contribution is 6.34. The molecule has 1 aromatic carbocycles. The van der Waals surface area contributed by atoms with Gasteiger partial charge in [-0.3, -0.25) is 0 Å². The first-order valence-corrected chi connectivity index (χ1v) is 4.89. The van der Waals surface area contributed by atoms with Crippen LogP contribution in [0.4, 0.5) is 0 Å². The van der Waals surface area contributed by atoms with Crippen molar-refractivity contribution in [3.05, 3.63) is 52.8 Å². The standard InChI is InChI=1S/C11H7Cl2N/c12-9-6-10(11(13)14-7-9)8-4-2-1-3-5-8/h1-7H. The molecule has 0 aliphatic heterocycles. The highest BCUT2D eigenvalue weighted by Gasteiger charge is 2.04. The lowest BCUT2D eigenvalue weighted by Crippen LogP contribution is -1.82. The predicted molar refractivity (Wildman–Crippen MR) is 59.7 cm³/mol. The molecule has 0 atom stereocenters. The van der Waals surface area contributed by atoms with Crippen LogP contribution in [0.1, 0.15) is 0 Å². The molecular weight excluding hydrogens is 217 g/mol. The maximum absolute atomic E-state index is 5.96. The van der Waals surface area contributed by atoms with E-state index in [1.807, 2.05) is 36.4 Å². The number of hydrogen-bond donors (Lipinski definition) is 0. The smallest absolute Gasteiger partial charge is 0.136 e. The minimum Gasteiger partial charge on any atom is -0.242 e.